The standard InChI is InChI=1S/C23H20N2O5.ClH/c1-29-21-14-16(9-11-20(21)30-15-17-6-4-5-13-24-17)10-12-22(26)25-19-8-3-2-7-18(19)23(27)28;/h2-14H,15H2,1H3,(H,25,26)(H,27,28);1H/b12-10+;. The molecular weight excluding hydrogens is 420 g/mol. The van der Waals surface area contributed by atoms with E-state index in [0.29, 0.717) is 18.1 Å². The van der Waals surface area contributed by atoms with Gasteiger partial charge in [0.25, 0.3) is 0 Å². The maximum atomic E-state index is 12.2. The predicted molar refractivity (Wildman–Crippen MR) is 120 cm³/mol. The highest BCUT2D eigenvalue weighted by molar-refractivity contribution is 6.06. The van der Waals surface area contributed by atoms with Crippen LogP contribution in [0.4, 0.5) is 5.69 Å². The van der Waals surface area contributed by atoms with Crippen LogP contribution in [0.5, 0.6) is 11.5 Å². The number of hydrogen-bond acceptors (Lipinski definition) is 5. The third-order valence-corrected chi connectivity index (χ3v) is 4.13. The number of pyridine rings is 1. The number of ether oxygens (including phenoxy) is 2. The largest absolute Gasteiger partial charge is 0.493 e. The number of aromatic carboxylic acids is 1. The second-order valence-electron chi connectivity index (χ2n) is 6.19. The second-order valence-corrected chi connectivity index (χ2v) is 6.19. The van der Waals surface area contributed by atoms with E-state index in [1.54, 1.807) is 42.6 Å². The molecule has 1 amide bonds. The third kappa shape index (κ3) is 6.58. The average Bonchev–Trinajstić information content (AvgIpc) is 2.77. The third-order valence-electron chi connectivity index (χ3n) is 4.13. The van der Waals surface area contributed by atoms with E-state index in [0.717, 1.165) is 11.3 Å². The molecule has 1 heterocycles. The lowest BCUT2D eigenvalue weighted by Crippen LogP contribution is -2.11. The Balaban J connectivity index is 0.00000341. The molecule has 3 rings (SSSR count). The van der Waals surface area contributed by atoms with Gasteiger partial charge in [-0.25, -0.2) is 4.79 Å². The number of carboxylic acids is 1. The molecule has 2 N–H and O–H groups in total. The van der Waals surface area contributed by atoms with Crippen molar-refractivity contribution in [3.63, 3.8) is 0 Å². The van der Waals surface area contributed by atoms with Crippen molar-refractivity contribution in [2.24, 2.45) is 0 Å². The number of hydrogen-bond donors (Lipinski definition) is 2. The van der Waals surface area contributed by atoms with Gasteiger partial charge in [0.1, 0.15) is 6.61 Å². The molecule has 8 heteroatoms. The molecule has 0 radical (unpaired) electrons. The first-order valence-corrected chi connectivity index (χ1v) is 9.09. The van der Waals surface area contributed by atoms with Gasteiger partial charge in [-0.1, -0.05) is 24.3 Å². The molecule has 2 aromatic carbocycles. The van der Waals surface area contributed by atoms with Crippen molar-refractivity contribution >= 4 is 36.0 Å². The van der Waals surface area contributed by atoms with Crippen LogP contribution in [0, 0.1) is 0 Å². The molecule has 0 bridgehead atoms. The fraction of sp³-hybridized carbons (Fsp3) is 0.0870. The summed E-state index contributed by atoms with van der Waals surface area (Å²) >= 11 is 0. The van der Waals surface area contributed by atoms with E-state index in [4.69, 9.17) is 9.47 Å². The summed E-state index contributed by atoms with van der Waals surface area (Å²) in [6, 6.07) is 17.1. The zero-order chi connectivity index (χ0) is 21.3. The molecule has 0 saturated carbocycles. The van der Waals surface area contributed by atoms with E-state index in [-0.39, 0.29) is 23.7 Å². The predicted octanol–water partition coefficient (Wildman–Crippen LogP) is 4.44. The van der Waals surface area contributed by atoms with Crippen LogP contribution in [-0.2, 0) is 11.4 Å². The Morgan fingerprint density at radius 1 is 1.06 bits per heavy atom. The zero-order valence-corrected chi connectivity index (χ0v) is 17.5. The highest BCUT2D eigenvalue weighted by Crippen LogP contribution is 2.29. The van der Waals surface area contributed by atoms with Gasteiger partial charge in [0.2, 0.25) is 5.91 Å². The molecule has 1 aromatic heterocycles. The molecule has 0 aliphatic heterocycles. The highest BCUT2D eigenvalue weighted by Gasteiger charge is 2.10. The Hall–Kier alpha value is -3.84. The van der Waals surface area contributed by atoms with Gasteiger partial charge >= 0.3 is 5.97 Å². The van der Waals surface area contributed by atoms with Gasteiger partial charge in [0.15, 0.2) is 11.5 Å². The summed E-state index contributed by atoms with van der Waals surface area (Å²) in [4.78, 5) is 27.6. The minimum Gasteiger partial charge on any atom is -0.493 e. The van der Waals surface area contributed by atoms with Crippen LogP contribution < -0.4 is 14.8 Å². The lowest BCUT2D eigenvalue weighted by Gasteiger charge is -2.11. The van der Waals surface area contributed by atoms with Gasteiger partial charge in [-0.3, -0.25) is 9.78 Å². The van der Waals surface area contributed by atoms with Crippen molar-refractivity contribution < 1.29 is 24.2 Å². The molecule has 160 valence electrons. The summed E-state index contributed by atoms with van der Waals surface area (Å²) in [7, 11) is 1.53. The molecule has 0 spiro atoms. The fourth-order valence-corrected chi connectivity index (χ4v) is 2.67. The lowest BCUT2D eigenvalue weighted by molar-refractivity contribution is -0.111. The minimum absolute atomic E-state index is 0. The topological polar surface area (TPSA) is 97.8 Å². The van der Waals surface area contributed by atoms with Gasteiger partial charge in [-0.2, -0.15) is 0 Å². The van der Waals surface area contributed by atoms with Crippen LogP contribution in [0.25, 0.3) is 6.08 Å². The molecule has 7 nitrogen and oxygen atoms in total. The number of methoxy groups -OCH3 is 1. The number of carbonyl (C=O) groups is 2. The number of carboxylic acid groups (broad SMARTS) is 1. The number of amides is 1. The quantitative estimate of drug-likeness (QED) is 0.502. The lowest BCUT2D eigenvalue weighted by atomic mass is 10.1. The number of nitrogens with zero attached hydrogens (tertiary/aromatic N) is 1. The van der Waals surface area contributed by atoms with E-state index in [1.807, 2.05) is 18.2 Å². The first-order valence-electron chi connectivity index (χ1n) is 9.09. The van der Waals surface area contributed by atoms with Gasteiger partial charge in [-0.05, 0) is 48.0 Å². The summed E-state index contributed by atoms with van der Waals surface area (Å²) in [5, 5.41) is 11.8. The number of halogens is 1. The monoisotopic (exact) mass is 440 g/mol. The SMILES string of the molecule is COc1cc(/C=C/C(=O)Nc2ccccc2C(=O)O)ccc1OCc1ccccn1.Cl. The van der Waals surface area contributed by atoms with Crippen LogP contribution in [0.1, 0.15) is 21.6 Å². The summed E-state index contributed by atoms with van der Waals surface area (Å²) < 4.78 is 11.1. The van der Waals surface area contributed by atoms with Crippen LogP contribution in [0.2, 0.25) is 0 Å². The van der Waals surface area contributed by atoms with Crippen molar-refractivity contribution in [1.29, 1.82) is 0 Å². The van der Waals surface area contributed by atoms with E-state index in [1.165, 1.54) is 25.3 Å². The average molecular weight is 441 g/mol. The molecule has 0 saturated heterocycles. The number of benzene rings is 2. The fourth-order valence-electron chi connectivity index (χ4n) is 2.67. The Kier molecular flexibility index (Phi) is 8.60. The maximum Gasteiger partial charge on any atom is 0.337 e. The van der Waals surface area contributed by atoms with Crippen LogP contribution in [0.3, 0.4) is 0 Å². The van der Waals surface area contributed by atoms with E-state index >= 15 is 0 Å². The van der Waals surface area contributed by atoms with E-state index in [2.05, 4.69) is 10.3 Å². The van der Waals surface area contributed by atoms with Crippen molar-refractivity contribution in [3.8, 4) is 11.5 Å². The Morgan fingerprint density at radius 2 is 1.84 bits per heavy atom. The zero-order valence-electron chi connectivity index (χ0n) is 16.6. The van der Waals surface area contributed by atoms with Crippen LogP contribution in [0.15, 0.2) is 72.9 Å². The van der Waals surface area contributed by atoms with Crippen molar-refractivity contribution in [2.45, 2.75) is 6.61 Å². The first-order chi connectivity index (χ1) is 14.6. The summed E-state index contributed by atoms with van der Waals surface area (Å²) in [6.07, 6.45) is 4.62. The van der Waals surface area contributed by atoms with Crippen LogP contribution >= 0.6 is 12.4 Å². The van der Waals surface area contributed by atoms with E-state index < -0.39 is 11.9 Å². The van der Waals surface area contributed by atoms with E-state index in [9.17, 15) is 14.7 Å². The van der Waals surface area contributed by atoms with Gasteiger partial charge < -0.3 is 19.9 Å². The molecule has 0 fully saturated rings. The first kappa shape index (κ1) is 23.4. The smallest absolute Gasteiger partial charge is 0.337 e. The molecule has 0 atom stereocenters. The summed E-state index contributed by atoms with van der Waals surface area (Å²) in [5.41, 5.74) is 1.77. The number of rotatable bonds is 8. The molecule has 0 aliphatic rings. The normalized spacial score (nSPS) is 10.2. The van der Waals surface area contributed by atoms with Crippen LogP contribution in [-0.4, -0.2) is 29.1 Å². The molecule has 31 heavy (non-hydrogen) atoms. The number of anilines is 1. The van der Waals surface area contributed by atoms with Crippen molar-refractivity contribution in [3.05, 3.63) is 89.8 Å². The summed E-state index contributed by atoms with van der Waals surface area (Å²) in [6.45, 7) is 0.303. The molecule has 3 aromatic rings. The minimum atomic E-state index is -1.11. The van der Waals surface area contributed by atoms with Crippen molar-refractivity contribution in [2.75, 3.05) is 12.4 Å². The Morgan fingerprint density at radius 3 is 2.55 bits per heavy atom. The highest BCUT2D eigenvalue weighted by atomic mass is 35.5. The van der Waals surface area contributed by atoms with Gasteiger partial charge in [0.05, 0.1) is 24.1 Å². The molecule has 0 aliphatic carbocycles. The number of carbonyl (C=O) groups excluding carboxylic acids is 1. The molecule has 0 unspecified atom stereocenters. The Labute approximate surface area is 185 Å². The number of aromatic nitrogens is 1. The Bertz CT molecular complexity index is 1070. The van der Waals surface area contributed by atoms with Gasteiger partial charge in [-0.15, -0.1) is 12.4 Å². The maximum absolute atomic E-state index is 12.2. The van der Waals surface area contributed by atoms with Gasteiger partial charge in [0, 0.05) is 12.3 Å². The number of nitrogens with one attached hydrogen (secondary N) is 1. The summed E-state index contributed by atoms with van der Waals surface area (Å²) in [5.74, 6) is -0.482. The van der Waals surface area contributed by atoms with Crippen molar-refractivity contribution in [1.82, 2.24) is 4.98 Å². The molecular formula is C23H21ClN2O5. The number of para-hydroxylation sites is 1. The second kappa shape index (κ2) is 11.4.